The molecule has 0 amide bonds. The van der Waals surface area contributed by atoms with Crippen LogP contribution in [0.5, 0.6) is 0 Å². The number of likely N-dealkylation sites (N-methyl/N-ethyl adjacent to an activating group) is 1. The van der Waals surface area contributed by atoms with Crippen molar-refractivity contribution in [3.8, 4) is 0 Å². The molecule has 1 aromatic heterocycles. The molecule has 0 radical (unpaired) electrons. The van der Waals surface area contributed by atoms with Gasteiger partial charge >= 0.3 is 0 Å². The molecule has 0 aromatic carbocycles. The average molecular weight is 262 g/mol. The number of hydrogen-bond acceptors (Lipinski definition) is 4. The van der Waals surface area contributed by atoms with Gasteiger partial charge in [-0.3, -0.25) is 15.8 Å². The summed E-state index contributed by atoms with van der Waals surface area (Å²) in [5, 5.41) is 0. The maximum atomic E-state index is 4.14. The molecule has 106 valence electrons. The van der Waals surface area contributed by atoms with Crippen molar-refractivity contribution >= 4 is 0 Å². The minimum atomic E-state index is 0.541. The van der Waals surface area contributed by atoms with Crippen molar-refractivity contribution in [1.29, 1.82) is 0 Å². The van der Waals surface area contributed by atoms with E-state index in [9.17, 15) is 0 Å². The van der Waals surface area contributed by atoms with Gasteiger partial charge in [-0.05, 0) is 43.5 Å². The van der Waals surface area contributed by atoms with Crippen LogP contribution < -0.4 is 10.9 Å². The van der Waals surface area contributed by atoms with Crippen LogP contribution in [-0.2, 0) is 6.54 Å². The molecule has 2 heterocycles. The Kier molecular flexibility index (Phi) is 4.91. The van der Waals surface area contributed by atoms with Gasteiger partial charge in [0.25, 0.3) is 0 Å². The lowest BCUT2D eigenvalue weighted by atomic mass is 9.99. The summed E-state index contributed by atoms with van der Waals surface area (Å²) < 4.78 is 0. The highest BCUT2D eigenvalue weighted by Crippen LogP contribution is 2.15. The Labute approximate surface area is 116 Å². The van der Waals surface area contributed by atoms with E-state index in [1.807, 2.05) is 12.4 Å². The Bertz CT molecular complexity index is 405. The third-order valence-electron chi connectivity index (χ3n) is 3.92. The molecule has 1 aliphatic heterocycles. The first-order valence-electron chi connectivity index (χ1n) is 7.15. The normalized spacial score (nSPS) is 23.5. The van der Waals surface area contributed by atoms with E-state index in [-0.39, 0.29) is 0 Å². The standard InChI is InChI=1S/C15H26N4/c1-11(2)15-7-14(17-18-15)10-19(4)9-13-5-6-16-8-12(13)3/h5-6,8,11,14-15,17-18H,7,9-10H2,1-4H3. The molecule has 2 unspecified atom stereocenters. The summed E-state index contributed by atoms with van der Waals surface area (Å²) in [6.07, 6.45) is 5.02. The van der Waals surface area contributed by atoms with E-state index in [0.717, 1.165) is 13.1 Å². The van der Waals surface area contributed by atoms with Gasteiger partial charge in [-0.15, -0.1) is 0 Å². The molecule has 4 nitrogen and oxygen atoms in total. The van der Waals surface area contributed by atoms with Crippen LogP contribution in [0.2, 0.25) is 0 Å². The first-order valence-corrected chi connectivity index (χ1v) is 7.15. The van der Waals surface area contributed by atoms with Gasteiger partial charge in [-0.2, -0.15) is 0 Å². The molecule has 1 aliphatic rings. The highest BCUT2D eigenvalue weighted by atomic mass is 15.4. The topological polar surface area (TPSA) is 40.2 Å². The van der Waals surface area contributed by atoms with Crippen LogP contribution in [-0.4, -0.2) is 35.6 Å². The van der Waals surface area contributed by atoms with Crippen molar-refractivity contribution in [2.24, 2.45) is 5.92 Å². The van der Waals surface area contributed by atoms with Crippen molar-refractivity contribution in [1.82, 2.24) is 20.7 Å². The summed E-state index contributed by atoms with van der Waals surface area (Å²) in [5.74, 6) is 0.685. The Morgan fingerprint density at radius 1 is 1.42 bits per heavy atom. The van der Waals surface area contributed by atoms with Crippen LogP contribution in [0, 0.1) is 12.8 Å². The lowest BCUT2D eigenvalue weighted by molar-refractivity contribution is 0.288. The molecule has 1 saturated heterocycles. The Hall–Kier alpha value is -0.970. The molecule has 0 saturated carbocycles. The van der Waals surface area contributed by atoms with Crippen molar-refractivity contribution in [2.75, 3.05) is 13.6 Å². The summed E-state index contributed by atoms with van der Waals surface area (Å²) in [5.41, 5.74) is 9.45. The predicted molar refractivity (Wildman–Crippen MR) is 78.6 cm³/mol. The average Bonchev–Trinajstić information content (AvgIpc) is 2.80. The van der Waals surface area contributed by atoms with Crippen molar-refractivity contribution in [3.63, 3.8) is 0 Å². The maximum absolute atomic E-state index is 4.14. The zero-order chi connectivity index (χ0) is 13.8. The van der Waals surface area contributed by atoms with E-state index in [0.29, 0.717) is 18.0 Å². The fourth-order valence-electron chi connectivity index (χ4n) is 2.62. The second-order valence-corrected chi connectivity index (χ2v) is 6.07. The zero-order valence-corrected chi connectivity index (χ0v) is 12.5. The molecule has 2 N–H and O–H groups in total. The molecule has 2 atom stereocenters. The molecular weight excluding hydrogens is 236 g/mol. The Morgan fingerprint density at radius 3 is 2.84 bits per heavy atom. The van der Waals surface area contributed by atoms with Gasteiger partial charge in [0.05, 0.1) is 0 Å². The Morgan fingerprint density at radius 2 is 2.21 bits per heavy atom. The summed E-state index contributed by atoms with van der Waals surface area (Å²) in [4.78, 5) is 6.52. The summed E-state index contributed by atoms with van der Waals surface area (Å²) in [6, 6.07) is 3.25. The highest BCUT2D eigenvalue weighted by Gasteiger charge is 2.26. The predicted octanol–water partition coefficient (Wildman–Crippen LogP) is 1.71. The lowest BCUT2D eigenvalue weighted by Gasteiger charge is -2.21. The summed E-state index contributed by atoms with van der Waals surface area (Å²) in [6.45, 7) is 8.72. The van der Waals surface area contributed by atoms with Crippen molar-refractivity contribution in [2.45, 2.75) is 45.8 Å². The number of aromatic nitrogens is 1. The number of aryl methyl sites for hydroxylation is 1. The van der Waals surface area contributed by atoms with E-state index in [4.69, 9.17) is 0 Å². The number of nitrogens with zero attached hydrogens (tertiary/aromatic N) is 2. The zero-order valence-electron chi connectivity index (χ0n) is 12.5. The summed E-state index contributed by atoms with van der Waals surface area (Å²) >= 11 is 0. The second-order valence-electron chi connectivity index (χ2n) is 6.07. The molecule has 0 aliphatic carbocycles. The van der Waals surface area contributed by atoms with Crippen molar-refractivity contribution in [3.05, 3.63) is 29.6 Å². The number of nitrogens with one attached hydrogen (secondary N) is 2. The van der Waals surface area contributed by atoms with E-state index < -0.39 is 0 Å². The van der Waals surface area contributed by atoms with Gasteiger partial charge < -0.3 is 4.90 Å². The largest absolute Gasteiger partial charge is 0.301 e. The minimum absolute atomic E-state index is 0.541. The molecule has 4 heteroatoms. The number of hydrogen-bond donors (Lipinski definition) is 2. The summed E-state index contributed by atoms with van der Waals surface area (Å²) in [7, 11) is 2.18. The molecule has 1 fully saturated rings. The molecule has 0 bridgehead atoms. The third kappa shape index (κ3) is 4.00. The van der Waals surface area contributed by atoms with Gasteiger partial charge in [0.1, 0.15) is 0 Å². The van der Waals surface area contributed by atoms with Gasteiger partial charge in [-0.25, -0.2) is 0 Å². The van der Waals surface area contributed by atoms with Crippen LogP contribution in [0.1, 0.15) is 31.4 Å². The second kappa shape index (κ2) is 6.46. The molecule has 1 aromatic rings. The maximum Gasteiger partial charge on any atom is 0.0355 e. The van der Waals surface area contributed by atoms with Crippen LogP contribution in [0.25, 0.3) is 0 Å². The SMILES string of the molecule is Cc1cnccc1CN(C)CC1CC(C(C)C)NN1. The molecule has 2 rings (SSSR count). The molecular formula is C15H26N4. The van der Waals surface area contributed by atoms with Gasteiger partial charge in [0.15, 0.2) is 0 Å². The minimum Gasteiger partial charge on any atom is -0.301 e. The van der Waals surface area contributed by atoms with Crippen molar-refractivity contribution < 1.29 is 0 Å². The smallest absolute Gasteiger partial charge is 0.0355 e. The fourth-order valence-corrected chi connectivity index (χ4v) is 2.62. The van der Waals surface area contributed by atoms with E-state index in [2.05, 4.69) is 54.6 Å². The van der Waals surface area contributed by atoms with Crippen LogP contribution in [0.4, 0.5) is 0 Å². The van der Waals surface area contributed by atoms with Gasteiger partial charge in [0.2, 0.25) is 0 Å². The van der Waals surface area contributed by atoms with Crippen LogP contribution in [0.15, 0.2) is 18.5 Å². The molecule has 0 spiro atoms. The molecule has 19 heavy (non-hydrogen) atoms. The monoisotopic (exact) mass is 262 g/mol. The van der Waals surface area contributed by atoms with Crippen LogP contribution >= 0.6 is 0 Å². The van der Waals surface area contributed by atoms with Gasteiger partial charge in [0, 0.05) is 37.6 Å². The fraction of sp³-hybridized carbons (Fsp3) is 0.667. The van der Waals surface area contributed by atoms with E-state index in [1.165, 1.54) is 17.5 Å². The van der Waals surface area contributed by atoms with E-state index >= 15 is 0 Å². The van der Waals surface area contributed by atoms with Crippen LogP contribution in [0.3, 0.4) is 0 Å². The lowest BCUT2D eigenvalue weighted by Crippen LogP contribution is -2.39. The highest BCUT2D eigenvalue weighted by molar-refractivity contribution is 5.21. The Balaban J connectivity index is 1.82. The number of rotatable bonds is 5. The third-order valence-corrected chi connectivity index (χ3v) is 3.92. The first kappa shape index (κ1) is 14.4. The first-order chi connectivity index (χ1) is 9.06. The quantitative estimate of drug-likeness (QED) is 0.847. The van der Waals surface area contributed by atoms with Gasteiger partial charge in [-0.1, -0.05) is 13.8 Å². The number of pyridine rings is 1. The van der Waals surface area contributed by atoms with E-state index in [1.54, 1.807) is 0 Å². The number of hydrazine groups is 1.